The summed E-state index contributed by atoms with van der Waals surface area (Å²) in [7, 11) is 0. The van der Waals surface area contributed by atoms with Crippen LogP contribution in [0.1, 0.15) is 23.1 Å². The van der Waals surface area contributed by atoms with E-state index >= 15 is 0 Å². The zero-order valence-electron chi connectivity index (χ0n) is 8.09. The molecule has 0 bridgehead atoms. The van der Waals surface area contributed by atoms with Gasteiger partial charge >= 0.3 is 0 Å². The van der Waals surface area contributed by atoms with Crippen LogP contribution in [0, 0.1) is 13.8 Å². The fourth-order valence-corrected chi connectivity index (χ4v) is 1.76. The molecule has 0 aromatic carbocycles. The van der Waals surface area contributed by atoms with Crippen molar-refractivity contribution in [1.82, 2.24) is 5.32 Å². The van der Waals surface area contributed by atoms with Crippen LogP contribution < -0.4 is 5.32 Å². The normalized spacial score (nSPS) is 23.4. The average Bonchev–Trinajstić information content (AvgIpc) is 2.47. The Labute approximate surface area is 78.1 Å². The van der Waals surface area contributed by atoms with Crippen LogP contribution in [-0.4, -0.2) is 19.8 Å². The molecular weight excluding hydrogens is 166 g/mol. The monoisotopic (exact) mass is 181 g/mol. The van der Waals surface area contributed by atoms with Gasteiger partial charge in [0.05, 0.1) is 19.3 Å². The van der Waals surface area contributed by atoms with Crippen molar-refractivity contribution in [2.24, 2.45) is 0 Å². The summed E-state index contributed by atoms with van der Waals surface area (Å²) in [6, 6.07) is 2.40. The Morgan fingerprint density at radius 3 is 2.85 bits per heavy atom. The molecule has 0 radical (unpaired) electrons. The number of morpholine rings is 1. The number of aryl methyl sites for hydroxylation is 2. The standard InChI is InChI=1S/C10H15NO2/c1-7-5-9(8(2)13-7)10-6-12-4-3-11-10/h5,10-11H,3-4,6H2,1-2H3/t10-/m1/s1. The molecule has 2 heterocycles. The second-order valence-electron chi connectivity index (χ2n) is 3.45. The lowest BCUT2D eigenvalue weighted by Gasteiger charge is -2.23. The predicted molar refractivity (Wildman–Crippen MR) is 49.7 cm³/mol. The van der Waals surface area contributed by atoms with Crippen LogP contribution in [0.3, 0.4) is 0 Å². The maximum absolute atomic E-state index is 5.47. The molecule has 1 aliphatic heterocycles. The van der Waals surface area contributed by atoms with E-state index < -0.39 is 0 Å². The second kappa shape index (κ2) is 3.52. The van der Waals surface area contributed by atoms with Crippen LogP contribution in [-0.2, 0) is 4.74 Å². The Morgan fingerprint density at radius 1 is 1.46 bits per heavy atom. The van der Waals surface area contributed by atoms with E-state index in [2.05, 4.69) is 11.4 Å². The van der Waals surface area contributed by atoms with Gasteiger partial charge in [-0.05, 0) is 19.9 Å². The molecule has 1 saturated heterocycles. The topological polar surface area (TPSA) is 34.4 Å². The maximum atomic E-state index is 5.47. The number of hydrogen-bond acceptors (Lipinski definition) is 3. The minimum absolute atomic E-state index is 0.311. The predicted octanol–water partition coefficient (Wildman–Crippen LogP) is 1.56. The Hall–Kier alpha value is -0.800. The minimum atomic E-state index is 0.311. The summed E-state index contributed by atoms with van der Waals surface area (Å²) in [6.45, 7) is 6.46. The molecule has 3 nitrogen and oxygen atoms in total. The molecule has 1 aromatic rings. The van der Waals surface area contributed by atoms with Crippen molar-refractivity contribution in [3.05, 3.63) is 23.2 Å². The van der Waals surface area contributed by atoms with Crippen LogP contribution in [0.5, 0.6) is 0 Å². The summed E-state index contributed by atoms with van der Waals surface area (Å²) >= 11 is 0. The van der Waals surface area contributed by atoms with Crippen molar-refractivity contribution in [2.45, 2.75) is 19.9 Å². The molecule has 1 atom stereocenters. The molecule has 0 unspecified atom stereocenters. The highest BCUT2D eigenvalue weighted by Crippen LogP contribution is 2.22. The van der Waals surface area contributed by atoms with E-state index in [1.807, 2.05) is 13.8 Å². The average molecular weight is 181 g/mol. The maximum Gasteiger partial charge on any atom is 0.105 e. The first kappa shape index (κ1) is 8.78. The van der Waals surface area contributed by atoms with Crippen molar-refractivity contribution in [3.8, 4) is 0 Å². The van der Waals surface area contributed by atoms with Gasteiger partial charge in [-0.1, -0.05) is 0 Å². The van der Waals surface area contributed by atoms with E-state index in [1.54, 1.807) is 0 Å². The summed E-state index contributed by atoms with van der Waals surface area (Å²) in [5, 5.41) is 3.40. The number of ether oxygens (including phenoxy) is 1. The summed E-state index contributed by atoms with van der Waals surface area (Å²) in [5.41, 5.74) is 1.23. The van der Waals surface area contributed by atoms with Crippen molar-refractivity contribution in [3.63, 3.8) is 0 Å². The molecule has 3 heteroatoms. The zero-order chi connectivity index (χ0) is 9.26. The SMILES string of the molecule is Cc1cc([C@H]2COCCN2)c(C)o1. The Balaban J connectivity index is 2.18. The van der Waals surface area contributed by atoms with Gasteiger partial charge in [-0.3, -0.25) is 0 Å². The third kappa shape index (κ3) is 1.76. The summed E-state index contributed by atoms with van der Waals surface area (Å²) in [6.07, 6.45) is 0. The molecule has 13 heavy (non-hydrogen) atoms. The lowest BCUT2D eigenvalue weighted by molar-refractivity contribution is 0.0764. The highest BCUT2D eigenvalue weighted by atomic mass is 16.5. The van der Waals surface area contributed by atoms with Gasteiger partial charge in [0, 0.05) is 12.1 Å². The summed E-state index contributed by atoms with van der Waals surface area (Å²) in [5.74, 6) is 1.97. The first-order chi connectivity index (χ1) is 6.27. The highest BCUT2D eigenvalue weighted by molar-refractivity contribution is 5.24. The minimum Gasteiger partial charge on any atom is -0.466 e. The van der Waals surface area contributed by atoms with Crippen LogP contribution in [0.25, 0.3) is 0 Å². The van der Waals surface area contributed by atoms with Gasteiger partial charge in [-0.25, -0.2) is 0 Å². The van der Waals surface area contributed by atoms with Crippen molar-refractivity contribution in [2.75, 3.05) is 19.8 Å². The molecule has 72 valence electrons. The van der Waals surface area contributed by atoms with Gasteiger partial charge in [0.15, 0.2) is 0 Å². The molecule has 1 aromatic heterocycles. The molecule has 0 amide bonds. The van der Waals surface area contributed by atoms with Crippen LogP contribution in [0.15, 0.2) is 10.5 Å². The van der Waals surface area contributed by atoms with Crippen LogP contribution >= 0.6 is 0 Å². The molecule has 0 spiro atoms. The number of nitrogens with one attached hydrogen (secondary N) is 1. The Kier molecular flexibility index (Phi) is 2.38. The first-order valence-electron chi connectivity index (χ1n) is 4.65. The number of rotatable bonds is 1. The van der Waals surface area contributed by atoms with Gasteiger partial charge in [0.25, 0.3) is 0 Å². The van der Waals surface area contributed by atoms with Gasteiger partial charge in [0.2, 0.25) is 0 Å². The molecule has 1 N–H and O–H groups in total. The van der Waals surface area contributed by atoms with E-state index in [0.717, 1.165) is 31.3 Å². The molecule has 0 aliphatic carbocycles. The second-order valence-corrected chi connectivity index (χ2v) is 3.45. The Bertz CT molecular complexity index is 287. The molecule has 1 fully saturated rings. The van der Waals surface area contributed by atoms with Gasteiger partial charge in [-0.2, -0.15) is 0 Å². The van der Waals surface area contributed by atoms with E-state index in [1.165, 1.54) is 5.56 Å². The van der Waals surface area contributed by atoms with E-state index in [4.69, 9.17) is 9.15 Å². The third-order valence-corrected chi connectivity index (χ3v) is 2.38. The molecule has 0 saturated carbocycles. The van der Waals surface area contributed by atoms with Gasteiger partial charge in [0.1, 0.15) is 11.5 Å². The fraction of sp³-hybridized carbons (Fsp3) is 0.600. The van der Waals surface area contributed by atoms with Gasteiger partial charge in [-0.15, -0.1) is 0 Å². The molecule has 2 rings (SSSR count). The van der Waals surface area contributed by atoms with Crippen LogP contribution in [0.4, 0.5) is 0 Å². The first-order valence-corrected chi connectivity index (χ1v) is 4.65. The molecular formula is C10H15NO2. The van der Waals surface area contributed by atoms with Crippen molar-refractivity contribution in [1.29, 1.82) is 0 Å². The van der Waals surface area contributed by atoms with Gasteiger partial charge < -0.3 is 14.5 Å². The highest BCUT2D eigenvalue weighted by Gasteiger charge is 2.19. The van der Waals surface area contributed by atoms with Crippen LogP contribution in [0.2, 0.25) is 0 Å². The van der Waals surface area contributed by atoms with Crippen molar-refractivity contribution >= 4 is 0 Å². The van der Waals surface area contributed by atoms with E-state index in [0.29, 0.717) is 6.04 Å². The smallest absolute Gasteiger partial charge is 0.105 e. The Morgan fingerprint density at radius 2 is 2.31 bits per heavy atom. The summed E-state index contributed by atoms with van der Waals surface area (Å²) in [4.78, 5) is 0. The lowest BCUT2D eigenvalue weighted by atomic mass is 10.1. The third-order valence-electron chi connectivity index (χ3n) is 2.38. The van der Waals surface area contributed by atoms with E-state index in [9.17, 15) is 0 Å². The quantitative estimate of drug-likeness (QED) is 0.714. The largest absolute Gasteiger partial charge is 0.466 e. The van der Waals surface area contributed by atoms with E-state index in [-0.39, 0.29) is 0 Å². The lowest BCUT2D eigenvalue weighted by Crippen LogP contribution is -2.34. The number of hydrogen-bond donors (Lipinski definition) is 1. The molecule has 1 aliphatic rings. The fourth-order valence-electron chi connectivity index (χ4n) is 1.76. The van der Waals surface area contributed by atoms with Crippen molar-refractivity contribution < 1.29 is 9.15 Å². The summed E-state index contributed by atoms with van der Waals surface area (Å²) < 4.78 is 10.9. The number of furan rings is 1. The zero-order valence-corrected chi connectivity index (χ0v) is 8.09.